The minimum Gasteiger partial charge on any atom is -0.750 e. The lowest BCUT2D eigenvalue weighted by Crippen LogP contribution is -2.39. The maximum Gasteiger partial charge on any atom is 0.344 e. The molecule has 0 saturated heterocycles. The van der Waals surface area contributed by atoms with E-state index in [1.807, 2.05) is 0 Å². The molecular weight excluding hydrogens is 288 g/mol. The Balaban J connectivity index is 1.89. The molecule has 2 fully saturated rings. The number of esters is 2. The van der Waals surface area contributed by atoms with E-state index in [9.17, 15) is 18.4 Å². The van der Waals surface area contributed by atoms with Crippen molar-refractivity contribution in [3.05, 3.63) is 12.7 Å². The molecule has 0 aromatic rings. The Morgan fingerprint density at radius 2 is 1.95 bits per heavy atom. The second-order valence-electron chi connectivity index (χ2n) is 4.86. The lowest BCUT2D eigenvalue weighted by Gasteiger charge is -2.30. The van der Waals surface area contributed by atoms with Gasteiger partial charge >= 0.3 is 11.9 Å². The van der Waals surface area contributed by atoms with Crippen molar-refractivity contribution in [1.29, 1.82) is 0 Å². The van der Waals surface area contributed by atoms with Crippen LogP contribution >= 0.6 is 0 Å². The minimum atomic E-state index is -2.65. The molecule has 0 aromatic carbocycles. The van der Waals surface area contributed by atoms with Gasteiger partial charge in [0.1, 0.15) is 12.2 Å². The number of rotatable bonds is 6. The molecule has 2 saturated carbocycles. The molecule has 0 heterocycles. The summed E-state index contributed by atoms with van der Waals surface area (Å²) in [6.45, 7) is 2.68. The summed E-state index contributed by atoms with van der Waals surface area (Å²) >= 11 is -2.65. The Labute approximate surface area is 118 Å². The Morgan fingerprint density at radius 1 is 1.30 bits per heavy atom. The normalized spacial score (nSPS) is 32.6. The predicted molar refractivity (Wildman–Crippen MR) is 65.7 cm³/mol. The molecule has 5 unspecified atom stereocenters. The smallest absolute Gasteiger partial charge is 0.344 e. The topological polar surface area (TPSA) is 102 Å². The first kappa shape index (κ1) is 15.1. The summed E-state index contributed by atoms with van der Waals surface area (Å²) in [6, 6.07) is 0. The zero-order chi connectivity index (χ0) is 14.7. The van der Waals surface area contributed by atoms with Crippen molar-refractivity contribution in [2.75, 3.05) is 6.61 Å². The van der Waals surface area contributed by atoms with E-state index in [1.54, 1.807) is 0 Å². The molecule has 2 aliphatic carbocycles. The third kappa shape index (κ3) is 3.44. The molecule has 0 aliphatic heterocycles. The van der Waals surface area contributed by atoms with E-state index in [2.05, 4.69) is 11.3 Å². The molecule has 0 spiro atoms. The van der Waals surface area contributed by atoms with Gasteiger partial charge in [-0.1, -0.05) is 6.58 Å². The summed E-state index contributed by atoms with van der Waals surface area (Å²) in [5.41, 5.74) is 0. The largest absolute Gasteiger partial charge is 0.750 e. The van der Waals surface area contributed by atoms with Gasteiger partial charge in [-0.25, -0.2) is 13.8 Å². The van der Waals surface area contributed by atoms with Gasteiger partial charge in [0.05, 0.1) is 11.4 Å². The highest BCUT2D eigenvalue weighted by Crippen LogP contribution is 2.47. The van der Waals surface area contributed by atoms with Gasteiger partial charge in [-0.2, -0.15) is 0 Å². The summed E-state index contributed by atoms with van der Waals surface area (Å²) in [5, 5.41) is 0. The van der Waals surface area contributed by atoms with Gasteiger partial charge in [-0.15, -0.1) is 0 Å². The fourth-order valence-electron chi connectivity index (χ4n) is 2.95. The van der Waals surface area contributed by atoms with Crippen molar-refractivity contribution in [2.24, 2.45) is 11.8 Å². The van der Waals surface area contributed by atoms with Gasteiger partial charge < -0.3 is 14.0 Å². The number of ether oxygens (including phenoxy) is 2. The van der Waals surface area contributed by atoms with E-state index in [-0.39, 0.29) is 11.8 Å². The Morgan fingerprint density at radius 3 is 2.55 bits per heavy atom. The zero-order valence-electron chi connectivity index (χ0n) is 10.7. The molecule has 112 valence electrons. The molecule has 2 rings (SSSR count). The number of hydrogen-bond donors (Lipinski definition) is 0. The fourth-order valence-corrected chi connectivity index (χ4v) is 3.40. The molecule has 2 aliphatic rings. The van der Waals surface area contributed by atoms with Crippen LogP contribution in [-0.4, -0.2) is 39.5 Å². The third-order valence-corrected chi connectivity index (χ3v) is 4.10. The van der Waals surface area contributed by atoms with Gasteiger partial charge in [-0.05, 0) is 31.1 Å². The Bertz CT molecular complexity index is 436. The summed E-state index contributed by atoms with van der Waals surface area (Å²) in [5.74, 6) is -1.24. The highest BCUT2D eigenvalue weighted by Gasteiger charge is 2.51. The lowest BCUT2D eigenvalue weighted by molar-refractivity contribution is -0.166. The third-order valence-electron chi connectivity index (χ3n) is 3.72. The van der Waals surface area contributed by atoms with Gasteiger partial charge in [-0.3, -0.25) is 4.18 Å². The molecule has 5 atom stereocenters. The number of hydrogen-bond acceptors (Lipinski definition) is 7. The Hall–Kier alpha value is -1.25. The monoisotopic (exact) mass is 303 g/mol. The summed E-state index contributed by atoms with van der Waals surface area (Å²) in [6.07, 6.45) is 2.24. The molecule has 0 amide bonds. The molecule has 2 bridgehead atoms. The van der Waals surface area contributed by atoms with Crippen molar-refractivity contribution < 1.29 is 32.0 Å². The molecular formula is C12H15O7S-. The summed E-state index contributed by atoms with van der Waals surface area (Å²) < 4.78 is 35.9. The van der Waals surface area contributed by atoms with Crippen LogP contribution in [0.2, 0.25) is 0 Å². The molecule has 0 aromatic heterocycles. The molecule has 7 nitrogen and oxygen atoms in total. The van der Waals surface area contributed by atoms with Gasteiger partial charge in [0.2, 0.25) is 0 Å². The second kappa shape index (κ2) is 6.47. The first-order valence-electron chi connectivity index (χ1n) is 6.26. The number of carbonyl (C=O) groups is 2. The quantitative estimate of drug-likeness (QED) is 0.393. The maximum atomic E-state index is 11.6. The molecule has 20 heavy (non-hydrogen) atoms. The van der Waals surface area contributed by atoms with Crippen LogP contribution in [0.15, 0.2) is 12.7 Å². The molecule has 0 radical (unpaired) electrons. The van der Waals surface area contributed by atoms with Crippen LogP contribution < -0.4 is 0 Å². The molecule has 8 heteroatoms. The summed E-state index contributed by atoms with van der Waals surface area (Å²) in [7, 11) is 0. The van der Waals surface area contributed by atoms with Crippen LogP contribution in [0.5, 0.6) is 0 Å². The Kier molecular flexibility index (Phi) is 4.90. The van der Waals surface area contributed by atoms with E-state index in [1.165, 1.54) is 0 Å². The SMILES string of the molecule is C=CC(=O)OCC(=O)OC1C2CCC(C2)C1OS(=O)[O-]. The van der Waals surface area contributed by atoms with Crippen molar-refractivity contribution in [1.82, 2.24) is 0 Å². The first-order valence-corrected chi connectivity index (χ1v) is 7.26. The maximum absolute atomic E-state index is 11.6. The van der Waals surface area contributed by atoms with Crippen LogP contribution in [0.4, 0.5) is 0 Å². The highest BCUT2D eigenvalue weighted by molar-refractivity contribution is 7.74. The highest BCUT2D eigenvalue weighted by atomic mass is 32.2. The first-order chi connectivity index (χ1) is 9.51. The number of fused-ring (bicyclic) bond motifs is 2. The van der Waals surface area contributed by atoms with Crippen LogP contribution in [0, 0.1) is 11.8 Å². The van der Waals surface area contributed by atoms with Crippen molar-refractivity contribution in [3.63, 3.8) is 0 Å². The zero-order valence-corrected chi connectivity index (χ0v) is 11.5. The van der Waals surface area contributed by atoms with E-state index in [0.29, 0.717) is 0 Å². The van der Waals surface area contributed by atoms with Crippen molar-refractivity contribution in [3.8, 4) is 0 Å². The predicted octanol–water partition coefficient (Wildman–Crippen LogP) is 0.237. The average Bonchev–Trinajstić information content (AvgIpc) is 2.98. The van der Waals surface area contributed by atoms with Crippen molar-refractivity contribution in [2.45, 2.75) is 31.5 Å². The van der Waals surface area contributed by atoms with Gasteiger partial charge in [0, 0.05) is 6.08 Å². The minimum absolute atomic E-state index is 0.0893. The fraction of sp³-hybridized carbons (Fsp3) is 0.667. The van der Waals surface area contributed by atoms with Gasteiger partial charge in [0.25, 0.3) is 0 Å². The van der Waals surface area contributed by atoms with Crippen LogP contribution in [0.3, 0.4) is 0 Å². The standard InChI is InChI=1S/C12H16O7S/c1-2-9(13)17-6-10(14)18-11-7-3-4-8(5-7)12(11)19-20(15)16/h2,7-8,11-12H,1,3-6H2,(H,15,16)/p-1. The van der Waals surface area contributed by atoms with Crippen molar-refractivity contribution >= 4 is 23.3 Å². The van der Waals surface area contributed by atoms with Crippen LogP contribution in [0.1, 0.15) is 19.3 Å². The number of carbonyl (C=O) groups excluding carboxylic acids is 2. The second-order valence-corrected chi connectivity index (χ2v) is 5.47. The average molecular weight is 303 g/mol. The van der Waals surface area contributed by atoms with Crippen LogP contribution in [-0.2, 0) is 34.6 Å². The van der Waals surface area contributed by atoms with E-state index < -0.39 is 42.1 Å². The van der Waals surface area contributed by atoms with E-state index in [0.717, 1.165) is 25.3 Å². The van der Waals surface area contributed by atoms with Gasteiger partial charge in [0.15, 0.2) is 6.61 Å². The van der Waals surface area contributed by atoms with E-state index >= 15 is 0 Å². The molecule has 0 N–H and O–H groups in total. The van der Waals surface area contributed by atoms with Crippen LogP contribution in [0.25, 0.3) is 0 Å². The lowest BCUT2D eigenvalue weighted by atomic mass is 9.95. The van der Waals surface area contributed by atoms with E-state index in [4.69, 9.17) is 8.92 Å². The summed E-state index contributed by atoms with van der Waals surface area (Å²) in [4.78, 5) is 22.4.